The van der Waals surface area contributed by atoms with E-state index < -0.39 is 0 Å². The monoisotopic (exact) mass is 206 g/mol. The molecule has 0 aliphatic heterocycles. The van der Waals surface area contributed by atoms with E-state index in [1.165, 1.54) is 29.5 Å². The van der Waals surface area contributed by atoms with Crippen LogP contribution in [-0.2, 0) is 5.41 Å². The van der Waals surface area contributed by atoms with Gasteiger partial charge in [0.15, 0.2) is 0 Å². The second-order valence-electron chi connectivity index (χ2n) is 5.26. The van der Waals surface area contributed by atoms with Crippen LogP contribution >= 0.6 is 0 Å². The van der Waals surface area contributed by atoms with E-state index in [-0.39, 0.29) is 5.41 Å². The fourth-order valence-corrected chi connectivity index (χ4v) is 3.04. The molecular weight excluding hydrogens is 191 g/mol. The summed E-state index contributed by atoms with van der Waals surface area (Å²) in [4.78, 5) is 0. The summed E-state index contributed by atoms with van der Waals surface area (Å²) in [5.74, 6) is 0. The summed E-state index contributed by atoms with van der Waals surface area (Å²) in [5, 5.41) is 0. The molecule has 3 rings (SSSR count). The first-order valence-electron chi connectivity index (χ1n) is 5.91. The third-order valence-corrected chi connectivity index (χ3v) is 3.93. The van der Waals surface area contributed by atoms with Gasteiger partial charge in [-0.15, -0.1) is 0 Å². The highest BCUT2D eigenvalue weighted by atomic mass is 14.4. The molecule has 16 heavy (non-hydrogen) atoms. The van der Waals surface area contributed by atoms with Gasteiger partial charge in [-0.1, -0.05) is 55.2 Å². The summed E-state index contributed by atoms with van der Waals surface area (Å²) >= 11 is 0. The average molecular weight is 206 g/mol. The van der Waals surface area contributed by atoms with Crippen molar-refractivity contribution in [2.75, 3.05) is 0 Å². The second-order valence-corrected chi connectivity index (χ2v) is 5.26. The van der Waals surface area contributed by atoms with Crippen molar-refractivity contribution >= 4 is 18.9 Å². The largest absolute Gasteiger partial charge is 0.113 e. The van der Waals surface area contributed by atoms with Gasteiger partial charge in [-0.2, -0.15) is 0 Å². The molecule has 78 valence electrons. The van der Waals surface area contributed by atoms with Crippen LogP contribution in [0.5, 0.6) is 0 Å². The third-order valence-electron chi connectivity index (χ3n) is 3.93. The molecule has 0 N–H and O–H groups in total. The molecule has 0 bridgehead atoms. The first-order chi connectivity index (χ1) is 7.60. The number of hydrogen-bond donors (Lipinski definition) is 0. The number of fused-ring (bicyclic) bond motifs is 2. The van der Waals surface area contributed by atoms with Gasteiger partial charge in [0, 0.05) is 5.41 Å². The van der Waals surface area contributed by atoms with Crippen molar-refractivity contribution in [2.45, 2.75) is 32.1 Å². The maximum Gasteiger partial charge on any atom is 0.113 e. The van der Waals surface area contributed by atoms with E-state index in [0.29, 0.717) is 0 Å². The number of rotatable bonds is 0. The van der Waals surface area contributed by atoms with Crippen LogP contribution in [0.3, 0.4) is 0 Å². The van der Waals surface area contributed by atoms with Gasteiger partial charge >= 0.3 is 0 Å². The fourth-order valence-electron chi connectivity index (χ4n) is 3.04. The molecule has 1 heteroatoms. The smallest absolute Gasteiger partial charge is 0.0963 e. The van der Waals surface area contributed by atoms with Gasteiger partial charge in [-0.3, -0.25) is 0 Å². The zero-order valence-corrected chi connectivity index (χ0v) is 9.88. The maximum absolute atomic E-state index is 5.90. The molecular formula is C15H15B. The zero-order chi connectivity index (χ0) is 11.3. The lowest BCUT2D eigenvalue weighted by molar-refractivity contribution is 0.608. The lowest BCUT2D eigenvalue weighted by atomic mass is 9.77. The van der Waals surface area contributed by atoms with Crippen LogP contribution in [0.25, 0.3) is 5.57 Å². The maximum atomic E-state index is 5.90. The Kier molecular flexibility index (Phi) is 1.95. The van der Waals surface area contributed by atoms with Gasteiger partial charge in [0.2, 0.25) is 0 Å². The Labute approximate surface area is 98.5 Å². The minimum absolute atomic E-state index is 0.158. The molecule has 1 aromatic rings. The van der Waals surface area contributed by atoms with Crippen molar-refractivity contribution in [2.24, 2.45) is 0 Å². The molecule has 0 aromatic heterocycles. The van der Waals surface area contributed by atoms with Crippen molar-refractivity contribution < 1.29 is 0 Å². The van der Waals surface area contributed by atoms with Crippen molar-refractivity contribution in [1.29, 1.82) is 0 Å². The summed E-state index contributed by atoms with van der Waals surface area (Å²) in [6, 6.07) is 6.32. The Morgan fingerprint density at radius 2 is 2.06 bits per heavy atom. The van der Waals surface area contributed by atoms with E-state index in [9.17, 15) is 0 Å². The minimum atomic E-state index is 0.158. The topological polar surface area (TPSA) is 0 Å². The van der Waals surface area contributed by atoms with Crippen molar-refractivity contribution in [3.8, 4) is 0 Å². The Morgan fingerprint density at radius 1 is 1.25 bits per heavy atom. The molecule has 0 amide bonds. The van der Waals surface area contributed by atoms with E-state index in [0.717, 1.165) is 5.46 Å². The van der Waals surface area contributed by atoms with Gasteiger partial charge in [-0.05, 0) is 29.5 Å². The second kappa shape index (κ2) is 3.13. The van der Waals surface area contributed by atoms with Gasteiger partial charge in [0.05, 0.1) is 0 Å². The standard InChI is InChI=1S/C15H15B/c1-15(2)13-6-4-3-5-11(13)12-8-7-10(16)9-14(12)15/h3,5,7-9H,4,6H2,1-2H3. The minimum Gasteiger partial charge on any atom is -0.0963 e. The zero-order valence-electron chi connectivity index (χ0n) is 9.88. The lowest BCUT2D eigenvalue weighted by Crippen LogP contribution is -2.19. The molecule has 2 aliphatic carbocycles. The fraction of sp³-hybridized carbons (Fsp3) is 0.333. The highest BCUT2D eigenvalue weighted by Crippen LogP contribution is 2.49. The first kappa shape index (κ1) is 9.95. The van der Waals surface area contributed by atoms with Crippen molar-refractivity contribution in [3.05, 3.63) is 47.1 Å². The molecule has 0 saturated carbocycles. The molecule has 2 radical (unpaired) electrons. The van der Waals surface area contributed by atoms with Crippen molar-refractivity contribution in [3.63, 3.8) is 0 Å². The van der Waals surface area contributed by atoms with Crippen LogP contribution in [0, 0.1) is 0 Å². The molecule has 0 heterocycles. The first-order valence-corrected chi connectivity index (χ1v) is 5.91. The molecule has 0 nitrogen and oxygen atoms in total. The van der Waals surface area contributed by atoms with E-state index in [4.69, 9.17) is 7.85 Å². The van der Waals surface area contributed by atoms with E-state index in [2.05, 4.69) is 38.1 Å². The summed E-state index contributed by atoms with van der Waals surface area (Å²) < 4.78 is 0. The number of hydrogen-bond acceptors (Lipinski definition) is 0. The third kappa shape index (κ3) is 1.18. The Balaban J connectivity index is 2.28. The highest BCUT2D eigenvalue weighted by molar-refractivity contribution is 6.32. The quantitative estimate of drug-likeness (QED) is 0.572. The van der Waals surface area contributed by atoms with Crippen molar-refractivity contribution in [1.82, 2.24) is 0 Å². The van der Waals surface area contributed by atoms with Gasteiger partial charge in [0.1, 0.15) is 7.85 Å². The highest BCUT2D eigenvalue weighted by Gasteiger charge is 2.36. The van der Waals surface area contributed by atoms with Gasteiger partial charge in [0.25, 0.3) is 0 Å². The van der Waals surface area contributed by atoms with Crippen LogP contribution in [-0.4, -0.2) is 7.85 Å². The predicted octanol–water partition coefficient (Wildman–Crippen LogP) is 2.88. The Bertz CT molecular complexity index is 518. The Morgan fingerprint density at radius 3 is 2.88 bits per heavy atom. The van der Waals surface area contributed by atoms with Gasteiger partial charge < -0.3 is 0 Å². The summed E-state index contributed by atoms with van der Waals surface area (Å²) in [6.07, 6.45) is 6.92. The van der Waals surface area contributed by atoms with E-state index in [1.807, 2.05) is 6.07 Å². The molecule has 0 fully saturated rings. The van der Waals surface area contributed by atoms with E-state index in [1.54, 1.807) is 5.57 Å². The molecule has 2 aliphatic rings. The van der Waals surface area contributed by atoms with Crippen LogP contribution < -0.4 is 5.46 Å². The summed E-state index contributed by atoms with van der Waals surface area (Å²) in [6.45, 7) is 4.62. The van der Waals surface area contributed by atoms with Crippen LogP contribution in [0.1, 0.15) is 37.8 Å². The summed E-state index contributed by atoms with van der Waals surface area (Å²) in [5.41, 5.74) is 6.82. The van der Waals surface area contributed by atoms with Crippen LogP contribution in [0.15, 0.2) is 35.9 Å². The lowest BCUT2D eigenvalue weighted by Gasteiger charge is -2.25. The normalized spacial score (nSPS) is 20.9. The number of benzene rings is 1. The molecule has 0 spiro atoms. The molecule has 0 saturated heterocycles. The van der Waals surface area contributed by atoms with Crippen LogP contribution in [0.2, 0.25) is 0 Å². The molecule has 1 aromatic carbocycles. The molecule has 0 atom stereocenters. The molecule has 0 unspecified atom stereocenters. The predicted molar refractivity (Wildman–Crippen MR) is 70.2 cm³/mol. The SMILES string of the molecule is [B]c1ccc2c(c1)C(C)(C)C1=C2C=CCC1. The number of allylic oxidation sites excluding steroid dienone is 4. The summed E-state index contributed by atoms with van der Waals surface area (Å²) in [7, 11) is 5.90. The van der Waals surface area contributed by atoms with Gasteiger partial charge in [-0.25, -0.2) is 0 Å². The van der Waals surface area contributed by atoms with Crippen LogP contribution in [0.4, 0.5) is 0 Å². The average Bonchev–Trinajstić information content (AvgIpc) is 2.49. The Hall–Kier alpha value is -1.24. The van der Waals surface area contributed by atoms with E-state index >= 15 is 0 Å².